The van der Waals surface area contributed by atoms with E-state index in [4.69, 9.17) is 15.2 Å². The Bertz CT molecular complexity index is 328. The van der Waals surface area contributed by atoms with Crippen molar-refractivity contribution in [1.82, 2.24) is 4.98 Å². The van der Waals surface area contributed by atoms with Crippen LogP contribution in [0, 0.1) is 0 Å². The van der Waals surface area contributed by atoms with Gasteiger partial charge in [-0.2, -0.15) is 0 Å². The first-order valence-electron chi connectivity index (χ1n) is 5.87. The van der Waals surface area contributed by atoms with E-state index >= 15 is 0 Å². The summed E-state index contributed by atoms with van der Waals surface area (Å²) in [4.78, 5) is 4.18. The van der Waals surface area contributed by atoms with E-state index in [1.807, 2.05) is 39.8 Å². The standard InChI is InChI=1S/C13H22N2O2/c1-10(14)11-5-6-12(15-9-11)16-7-8-17-13(2,3)4/h5-6,9-10H,7-8,14H2,1-4H3/t10-/m1/s1. The van der Waals surface area contributed by atoms with E-state index in [1.54, 1.807) is 6.20 Å². The van der Waals surface area contributed by atoms with Crippen LogP contribution in [-0.2, 0) is 4.74 Å². The molecule has 0 fully saturated rings. The molecule has 2 N–H and O–H groups in total. The first kappa shape index (κ1) is 13.9. The predicted molar refractivity (Wildman–Crippen MR) is 68.0 cm³/mol. The van der Waals surface area contributed by atoms with Crippen molar-refractivity contribution in [2.75, 3.05) is 13.2 Å². The van der Waals surface area contributed by atoms with Gasteiger partial charge in [0.25, 0.3) is 0 Å². The molecule has 1 aromatic rings. The molecule has 4 nitrogen and oxygen atoms in total. The fourth-order valence-corrected chi connectivity index (χ4v) is 1.24. The number of nitrogens with zero attached hydrogens (tertiary/aromatic N) is 1. The number of aromatic nitrogens is 1. The summed E-state index contributed by atoms with van der Waals surface area (Å²) in [6.45, 7) is 9.03. The molecule has 1 atom stereocenters. The lowest BCUT2D eigenvalue weighted by atomic mass is 10.2. The third kappa shape index (κ3) is 5.65. The van der Waals surface area contributed by atoms with Gasteiger partial charge in [0, 0.05) is 18.3 Å². The molecular formula is C13H22N2O2. The summed E-state index contributed by atoms with van der Waals surface area (Å²) in [5, 5.41) is 0. The summed E-state index contributed by atoms with van der Waals surface area (Å²) < 4.78 is 11.0. The predicted octanol–water partition coefficient (Wildman–Crippen LogP) is 2.30. The molecule has 96 valence electrons. The highest BCUT2D eigenvalue weighted by molar-refractivity contribution is 5.19. The van der Waals surface area contributed by atoms with Gasteiger partial charge in [0.1, 0.15) is 6.61 Å². The van der Waals surface area contributed by atoms with Crippen LogP contribution in [0.4, 0.5) is 0 Å². The van der Waals surface area contributed by atoms with E-state index in [1.165, 1.54) is 0 Å². The van der Waals surface area contributed by atoms with Gasteiger partial charge >= 0.3 is 0 Å². The molecular weight excluding hydrogens is 216 g/mol. The highest BCUT2D eigenvalue weighted by atomic mass is 16.5. The molecule has 0 bridgehead atoms. The fraction of sp³-hybridized carbons (Fsp3) is 0.615. The van der Waals surface area contributed by atoms with Crippen molar-refractivity contribution in [2.45, 2.75) is 39.3 Å². The maximum absolute atomic E-state index is 5.73. The van der Waals surface area contributed by atoms with Crippen molar-refractivity contribution in [1.29, 1.82) is 0 Å². The van der Waals surface area contributed by atoms with Gasteiger partial charge < -0.3 is 15.2 Å². The summed E-state index contributed by atoms with van der Waals surface area (Å²) in [5.74, 6) is 0.604. The molecule has 0 aromatic carbocycles. The molecule has 0 aliphatic rings. The van der Waals surface area contributed by atoms with Gasteiger partial charge in [0.05, 0.1) is 12.2 Å². The summed E-state index contributed by atoms with van der Waals surface area (Å²) in [6, 6.07) is 3.76. The van der Waals surface area contributed by atoms with Gasteiger partial charge in [-0.25, -0.2) is 4.98 Å². The van der Waals surface area contributed by atoms with Crippen molar-refractivity contribution in [3.05, 3.63) is 23.9 Å². The van der Waals surface area contributed by atoms with Gasteiger partial charge in [-0.1, -0.05) is 6.07 Å². The average Bonchev–Trinajstić information content (AvgIpc) is 2.24. The van der Waals surface area contributed by atoms with Crippen molar-refractivity contribution < 1.29 is 9.47 Å². The Morgan fingerprint density at radius 1 is 1.29 bits per heavy atom. The van der Waals surface area contributed by atoms with Crippen LogP contribution in [0.25, 0.3) is 0 Å². The Kier molecular flexibility index (Phi) is 4.90. The first-order valence-corrected chi connectivity index (χ1v) is 5.87. The second kappa shape index (κ2) is 5.98. The van der Waals surface area contributed by atoms with Gasteiger partial charge in [-0.3, -0.25) is 0 Å². The minimum atomic E-state index is -0.129. The third-order valence-electron chi connectivity index (χ3n) is 2.15. The van der Waals surface area contributed by atoms with E-state index in [0.29, 0.717) is 19.1 Å². The summed E-state index contributed by atoms with van der Waals surface area (Å²) in [7, 11) is 0. The van der Waals surface area contributed by atoms with E-state index < -0.39 is 0 Å². The van der Waals surface area contributed by atoms with Gasteiger partial charge in [0.2, 0.25) is 5.88 Å². The van der Waals surface area contributed by atoms with E-state index in [2.05, 4.69) is 4.98 Å². The normalized spacial score (nSPS) is 13.5. The van der Waals surface area contributed by atoms with Crippen molar-refractivity contribution in [3.8, 4) is 5.88 Å². The highest BCUT2D eigenvalue weighted by Gasteiger charge is 2.09. The van der Waals surface area contributed by atoms with Crippen LogP contribution in [0.5, 0.6) is 5.88 Å². The topological polar surface area (TPSA) is 57.4 Å². The number of ether oxygens (including phenoxy) is 2. The van der Waals surface area contributed by atoms with Crippen LogP contribution in [0.1, 0.15) is 39.3 Å². The van der Waals surface area contributed by atoms with Crippen molar-refractivity contribution in [2.24, 2.45) is 5.73 Å². The second-order valence-corrected chi connectivity index (χ2v) is 5.03. The second-order valence-electron chi connectivity index (χ2n) is 5.03. The van der Waals surface area contributed by atoms with Crippen LogP contribution in [-0.4, -0.2) is 23.8 Å². The zero-order chi connectivity index (χ0) is 12.9. The molecule has 0 spiro atoms. The largest absolute Gasteiger partial charge is 0.475 e. The SMILES string of the molecule is C[C@@H](N)c1ccc(OCCOC(C)(C)C)nc1. The van der Waals surface area contributed by atoms with Gasteiger partial charge in [-0.15, -0.1) is 0 Å². The third-order valence-corrected chi connectivity index (χ3v) is 2.15. The average molecular weight is 238 g/mol. The van der Waals surface area contributed by atoms with Gasteiger partial charge in [-0.05, 0) is 33.3 Å². The Balaban J connectivity index is 2.33. The molecule has 1 heterocycles. The van der Waals surface area contributed by atoms with Crippen LogP contribution in [0.2, 0.25) is 0 Å². The van der Waals surface area contributed by atoms with Crippen LogP contribution in [0.15, 0.2) is 18.3 Å². The zero-order valence-electron chi connectivity index (χ0n) is 11.1. The van der Waals surface area contributed by atoms with Gasteiger partial charge in [0.15, 0.2) is 0 Å². The number of hydrogen-bond acceptors (Lipinski definition) is 4. The molecule has 0 unspecified atom stereocenters. The monoisotopic (exact) mass is 238 g/mol. The molecule has 0 radical (unpaired) electrons. The quantitative estimate of drug-likeness (QED) is 0.800. The molecule has 0 aliphatic carbocycles. The number of hydrogen-bond donors (Lipinski definition) is 1. The number of pyridine rings is 1. The lowest BCUT2D eigenvalue weighted by Crippen LogP contribution is -2.22. The summed E-state index contributed by atoms with van der Waals surface area (Å²) in [5.41, 5.74) is 6.61. The first-order chi connectivity index (χ1) is 7.88. The summed E-state index contributed by atoms with van der Waals surface area (Å²) in [6.07, 6.45) is 1.74. The molecule has 0 saturated carbocycles. The number of nitrogens with two attached hydrogens (primary N) is 1. The summed E-state index contributed by atoms with van der Waals surface area (Å²) >= 11 is 0. The smallest absolute Gasteiger partial charge is 0.213 e. The maximum atomic E-state index is 5.73. The molecule has 0 aliphatic heterocycles. The van der Waals surface area contributed by atoms with Crippen LogP contribution in [0.3, 0.4) is 0 Å². The Morgan fingerprint density at radius 3 is 2.47 bits per heavy atom. The Labute approximate surface area is 103 Å². The minimum absolute atomic E-state index is 0.000717. The lowest BCUT2D eigenvalue weighted by molar-refractivity contribution is -0.0168. The van der Waals surface area contributed by atoms with E-state index in [-0.39, 0.29) is 11.6 Å². The van der Waals surface area contributed by atoms with Crippen LogP contribution >= 0.6 is 0 Å². The Hall–Kier alpha value is -1.13. The lowest BCUT2D eigenvalue weighted by Gasteiger charge is -2.19. The van der Waals surface area contributed by atoms with Crippen molar-refractivity contribution in [3.63, 3.8) is 0 Å². The molecule has 0 saturated heterocycles. The van der Waals surface area contributed by atoms with Crippen LogP contribution < -0.4 is 10.5 Å². The zero-order valence-corrected chi connectivity index (χ0v) is 11.1. The fourth-order valence-electron chi connectivity index (χ4n) is 1.24. The van der Waals surface area contributed by atoms with E-state index in [9.17, 15) is 0 Å². The molecule has 1 rings (SSSR count). The highest BCUT2D eigenvalue weighted by Crippen LogP contribution is 2.12. The molecule has 0 amide bonds. The molecule has 17 heavy (non-hydrogen) atoms. The molecule has 1 aromatic heterocycles. The van der Waals surface area contributed by atoms with E-state index in [0.717, 1.165) is 5.56 Å². The van der Waals surface area contributed by atoms with Crippen molar-refractivity contribution >= 4 is 0 Å². The minimum Gasteiger partial charge on any atom is -0.475 e. The Morgan fingerprint density at radius 2 is 2.00 bits per heavy atom. The molecule has 4 heteroatoms. The maximum Gasteiger partial charge on any atom is 0.213 e. The number of rotatable bonds is 5.